The summed E-state index contributed by atoms with van der Waals surface area (Å²) in [6, 6.07) is 20.0. The maximum atomic E-state index is 13.3. The third-order valence-electron chi connectivity index (χ3n) is 4.04. The molecule has 0 aliphatic heterocycles. The first-order valence-electron chi connectivity index (χ1n) is 8.72. The van der Waals surface area contributed by atoms with E-state index in [1.54, 1.807) is 29.2 Å². The van der Waals surface area contributed by atoms with Gasteiger partial charge >= 0.3 is 0 Å². The van der Waals surface area contributed by atoms with Crippen molar-refractivity contribution in [3.63, 3.8) is 0 Å². The van der Waals surface area contributed by atoms with Crippen LogP contribution in [0, 0.1) is 12.7 Å². The fourth-order valence-electron chi connectivity index (χ4n) is 2.68. The van der Waals surface area contributed by atoms with Crippen molar-refractivity contribution in [3.8, 4) is 11.3 Å². The van der Waals surface area contributed by atoms with E-state index in [2.05, 4.69) is 10.1 Å². The molecule has 0 fully saturated rings. The van der Waals surface area contributed by atoms with E-state index < -0.39 is 0 Å². The number of thiazole rings is 1. The van der Waals surface area contributed by atoms with Crippen molar-refractivity contribution in [3.05, 3.63) is 100 Å². The first-order chi connectivity index (χ1) is 13.7. The zero-order valence-electron chi connectivity index (χ0n) is 15.2. The quantitative estimate of drug-likeness (QED) is 0.445. The number of nitrogens with zero attached hydrogens (tertiary/aromatic N) is 4. The van der Waals surface area contributed by atoms with Gasteiger partial charge in [-0.15, -0.1) is 11.3 Å². The summed E-state index contributed by atoms with van der Waals surface area (Å²) in [7, 11) is 0. The van der Waals surface area contributed by atoms with E-state index in [4.69, 9.17) is 4.99 Å². The van der Waals surface area contributed by atoms with Gasteiger partial charge in [-0.05, 0) is 61.0 Å². The number of aromatic nitrogens is 2. The third kappa shape index (κ3) is 4.13. The molecule has 28 heavy (non-hydrogen) atoms. The van der Waals surface area contributed by atoms with Crippen LogP contribution in [-0.2, 0) is 0 Å². The molecule has 4 aromatic rings. The van der Waals surface area contributed by atoms with Crippen molar-refractivity contribution >= 4 is 23.2 Å². The molecule has 0 N–H and O–H groups in total. The van der Waals surface area contributed by atoms with Gasteiger partial charge in [-0.2, -0.15) is 5.10 Å². The number of pyridine rings is 1. The Kier molecular flexibility index (Phi) is 5.21. The first-order valence-corrected chi connectivity index (χ1v) is 9.60. The number of aryl methyl sites for hydroxylation is 1. The van der Waals surface area contributed by atoms with E-state index in [1.807, 2.05) is 54.8 Å². The van der Waals surface area contributed by atoms with E-state index in [0.29, 0.717) is 0 Å². The zero-order chi connectivity index (χ0) is 19.3. The molecule has 0 atom stereocenters. The number of halogens is 1. The third-order valence-corrected chi connectivity index (χ3v) is 4.86. The van der Waals surface area contributed by atoms with Gasteiger partial charge in [0.2, 0.25) is 4.80 Å². The Morgan fingerprint density at radius 2 is 1.89 bits per heavy atom. The number of benzene rings is 2. The molecule has 0 aliphatic rings. The standard InChI is InChI=1S/C22H17FN4S/c1-16-5-4-7-19(13-16)26-22-27(25-14-20-6-2-3-12-24-20)21(15-28-22)17-8-10-18(23)11-9-17/h2-15H,1H3/b25-14-,26-22?. The van der Waals surface area contributed by atoms with Crippen LogP contribution in [0.15, 0.2) is 88.4 Å². The smallest absolute Gasteiger partial charge is 0.211 e. The lowest BCUT2D eigenvalue weighted by Gasteiger charge is -2.04. The highest BCUT2D eigenvalue weighted by atomic mass is 32.1. The van der Waals surface area contributed by atoms with Crippen molar-refractivity contribution in [1.82, 2.24) is 9.66 Å². The molecule has 138 valence electrons. The number of hydrogen-bond donors (Lipinski definition) is 0. The highest BCUT2D eigenvalue weighted by Crippen LogP contribution is 2.21. The molecule has 0 unspecified atom stereocenters. The maximum Gasteiger partial charge on any atom is 0.211 e. The SMILES string of the molecule is Cc1cccc(N=c2scc(-c3ccc(F)cc3)n2/N=C\c2ccccn2)c1. The molecule has 4 nitrogen and oxygen atoms in total. The average molecular weight is 388 g/mol. The van der Waals surface area contributed by atoms with Crippen molar-refractivity contribution in [1.29, 1.82) is 0 Å². The first kappa shape index (κ1) is 18.0. The van der Waals surface area contributed by atoms with E-state index in [-0.39, 0.29) is 5.82 Å². The molecule has 2 aromatic carbocycles. The summed E-state index contributed by atoms with van der Waals surface area (Å²) >= 11 is 1.48. The van der Waals surface area contributed by atoms with Gasteiger partial charge in [0.15, 0.2) is 0 Å². The van der Waals surface area contributed by atoms with Gasteiger partial charge in [0.1, 0.15) is 5.82 Å². The molecule has 2 heterocycles. The topological polar surface area (TPSA) is 42.5 Å². The molecular weight excluding hydrogens is 371 g/mol. The van der Waals surface area contributed by atoms with Crippen molar-refractivity contribution < 1.29 is 4.39 Å². The van der Waals surface area contributed by atoms with Gasteiger partial charge < -0.3 is 0 Å². The monoisotopic (exact) mass is 388 g/mol. The fourth-order valence-corrected chi connectivity index (χ4v) is 3.54. The van der Waals surface area contributed by atoms with Crippen LogP contribution >= 0.6 is 11.3 Å². The molecule has 0 radical (unpaired) electrons. The van der Waals surface area contributed by atoms with Crippen LogP contribution in [0.3, 0.4) is 0 Å². The van der Waals surface area contributed by atoms with Crippen LogP contribution in [0.4, 0.5) is 10.1 Å². The van der Waals surface area contributed by atoms with Crippen LogP contribution in [-0.4, -0.2) is 15.9 Å². The fraction of sp³-hybridized carbons (Fsp3) is 0.0455. The van der Waals surface area contributed by atoms with Crippen molar-refractivity contribution in [2.75, 3.05) is 0 Å². The minimum atomic E-state index is -0.271. The van der Waals surface area contributed by atoms with Crippen LogP contribution < -0.4 is 4.80 Å². The number of hydrogen-bond acceptors (Lipinski definition) is 4. The van der Waals surface area contributed by atoms with E-state index >= 15 is 0 Å². The lowest BCUT2D eigenvalue weighted by molar-refractivity contribution is 0.628. The summed E-state index contributed by atoms with van der Waals surface area (Å²) in [5.74, 6) is -0.271. The average Bonchev–Trinajstić information content (AvgIpc) is 3.10. The molecule has 0 saturated carbocycles. The van der Waals surface area contributed by atoms with Crippen LogP contribution in [0.25, 0.3) is 11.3 Å². The van der Waals surface area contributed by atoms with E-state index in [9.17, 15) is 4.39 Å². The molecule has 0 aliphatic carbocycles. The van der Waals surface area contributed by atoms with Crippen molar-refractivity contribution in [2.24, 2.45) is 10.1 Å². The van der Waals surface area contributed by atoms with Crippen LogP contribution in [0.1, 0.15) is 11.3 Å². The second kappa shape index (κ2) is 8.10. The van der Waals surface area contributed by atoms with Gasteiger partial charge in [-0.3, -0.25) is 4.98 Å². The van der Waals surface area contributed by atoms with E-state index in [0.717, 1.165) is 33.0 Å². The lowest BCUT2D eigenvalue weighted by Crippen LogP contribution is -2.11. The summed E-state index contributed by atoms with van der Waals surface area (Å²) in [4.78, 5) is 9.75. The Morgan fingerprint density at radius 3 is 2.64 bits per heavy atom. The van der Waals surface area contributed by atoms with Crippen LogP contribution in [0.5, 0.6) is 0 Å². The van der Waals surface area contributed by atoms with Gasteiger partial charge in [0.25, 0.3) is 0 Å². The second-order valence-electron chi connectivity index (χ2n) is 6.17. The predicted molar refractivity (Wildman–Crippen MR) is 111 cm³/mol. The maximum absolute atomic E-state index is 13.3. The molecule has 0 amide bonds. The van der Waals surface area contributed by atoms with Crippen molar-refractivity contribution in [2.45, 2.75) is 6.92 Å². The summed E-state index contributed by atoms with van der Waals surface area (Å²) in [5, 5.41) is 6.58. The highest BCUT2D eigenvalue weighted by Gasteiger charge is 2.08. The zero-order valence-corrected chi connectivity index (χ0v) is 16.0. The summed E-state index contributed by atoms with van der Waals surface area (Å²) in [6.07, 6.45) is 3.41. The van der Waals surface area contributed by atoms with E-state index in [1.165, 1.54) is 23.5 Å². The van der Waals surface area contributed by atoms with Gasteiger partial charge in [-0.1, -0.05) is 18.2 Å². The number of rotatable bonds is 4. The summed E-state index contributed by atoms with van der Waals surface area (Å²) in [6.45, 7) is 2.03. The molecule has 0 spiro atoms. The largest absolute Gasteiger partial charge is 0.255 e. The molecule has 0 saturated heterocycles. The lowest BCUT2D eigenvalue weighted by atomic mass is 10.2. The molecule has 6 heteroatoms. The predicted octanol–water partition coefficient (Wildman–Crippen LogP) is 5.17. The van der Waals surface area contributed by atoms with Crippen LogP contribution in [0.2, 0.25) is 0 Å². The Labute approximate surface area is 166 Å². The minimum absolute atomic E-state index is 0.271. The minimum Gasteiger partial charge on any atom is -0.255 e. The Bertz CT molecular complexity index is 1180. The summed E-state index contributed by atoms with van der Waals surface area (Å²) in [5.41, 5.74) is 4.44. The van der Waals surface area contributed by atoms with Gasteiger partial charge in [0.05, 0.1) is 23.3 Å². The summed E-state index contributed by atoms with van der Waals surface area (Å²) < 4.78 is 15.1. The Morgan fingerprint density at radius 1 is 1.04 bits per heavy atom. The molecule has 0 bridgehead atoms. The molecular formula is C22H17FN4S. The van der Waals surface area contributed by atoms with Gasteiger partial charge in [-0.25, -0.2) is 14.1 Å². The highest BCUT2D eigenvalue weighted by molar-refractivity contribution is 7.07. The Balaban J connectivity index is 1.84. The van der Waals surface area contributed by atoms with Gasteiger partial charge in [0, 0.05) is 17.1 Å². The normalized spacial score (nSPS) is 12.0. The molecule has 2 aromatic heterocycles. The molecule has 4 rings (SSSR count). The Hall–Kier alpha value is -3.38. The second-order valence-corrected chi connectivity index (χ2v) is 7.01.